The zero-order valence-electron chi connectivity index (χ0n) is 14.1. The summed E-state index contributed by atoms with van der Waals surface area (Å²) in [5.41, 5.74) is 2.64. The summed E-state index contributed by atoms with van der Waals surface area (Å²) in [5.74, 6) is 1.25. The quantitative estimate of drug-likeness (QED) is 0.704. The van der Waals surface area contributed by atoms with Crippen LogP contribution in [-0.4, -0.2) is 20.1 Å². The number of carbonyl (C=O) groups is 1. The highest BCUT2D eigenvalue weighted by Crippen LogP contribution is 2.31. The lowest BCUT2D eigenvalue weighted by Crippen LogP contribution is -2.15. The average Bonchev–Trinajstić information content (AvgIpc) is 3.17. The van der Waals surface area contributed by atoms with E-state index in [1.54, 1.807) is 31.6 Å². The standard InChI is InChI=1S/C20H19NO3S/c1-23-15-10-9-14(18(13-15)24-2)12-20(22)21-17-7-4-3-6-16(17)19-8-5-11-25-19/h3-11,13H,12H2,1-2H3,(H,21,22). The van der Waals surface area contributed by atoms with Gasteiger partial charge in [0.1, 0.15) is 11.5 Å². The lowest BCUT2D eigenvalue weighted by atomic mass is 10.1. The number of para-hydroxylation sites is 1. The molecule has 0 aliphatic heterocycles. The highest BCUT2D eigenvalue weighted by atomic mass is 32.1. The Morgan fingerprint density at radius 2 is 1.88 bits per heavy atom. The fourth-order valence-corrected chi connectivity index (χ4v) is 3.37. The summed E-state index contributed by atoms with van der Waals surface area (Å²) in [6.07, 6.45) is 0.228. The second-order valence-electron chi connectivity index (χ2n) is 5.43. The van der Waals surface area contributed by atoms with E-state index in [4.69, 9.17) is 9.47 Å². The Kier molecular flexibility index (Phi) is 5.36. The van der Waals surface area contributed by atoms with Crippen LogP contribution in [0.2, 0.25) is 0 Å². The van der Waals surface area contributed by atoms with Gasteiger partial charge in [0.25, 0.3) is 0 Å². The summed E-state index contributed by atoms with van der Waals surface area (Å²) in [6, 6.07) is 17.3. The minimum atomic E-state index is -0.0903. The third-order valence-electron chi connectivity index (χ3n) is 3.83. The van der Waals surface area contributed by atoms with E-state index in [1.807, 2.05) is 53.9 Å². The first kappa shape index (κ1) is 17.0. The molecule has 0 atom stereocenters. The first-order valence-electron chi connectivity index (χ1n) is 7.85. The molecular weight excluding hydrogens is 334 g/mol. The van der Waals surface area contributed by atoms with E-state index in [2.05, 4.69) is 5.32 Å². The number of amides is 1. The fraction of sp³-hybridized carbons (Fsp3) is 0.150. The molecule has 4 nitrogen and oxygen atoms in total. The molecule has 2 aromatic carbocycles. The molecule has 0 saturated heterocycles. The van der Waals surface area contributed by atoms with Crippen molar-refractivity contribution < 1.29 is 14.3 Å². The summed E-state index contributed by atoms with van der Waals surface area (Å²) in [4.78, 5) is 13.7. The minimum absolute atomic E-state index is 0.0903. The van der Waals surface area contributed by atoms with Crippen molar-refractivity contribution in [3.63, 3.8) is 0 Å². The predicted molar refractivity (Wildman–Crippen MR) is 102 cm³/mol. The number of carbonyl (C=O) groups excluding carboxylic acids is 1. The maximum atomic E-state index is 12.5. The Morgan fingerprint density at radius 3 is 2.60 bits per heavy atom. The normalized spacial score (nSPS) is 10.3. The lowest BCUT2D eigenvalue weighted by Gasteiger charge is -2.12. The summed E-state index contributed by atoms with van der Waals surface area (Å²) in [7, 11) is 3.19. The van der Waals surface area contributed by atoms with Gasteiger partial charge in [0.15, 0.2) is 0 Å². The van der Waals surface area contributed by atoms with Crippen molar-refractivity contribution in [3.8, 4) is 21.9 Å². The zero-order chi connectivity index (χ0) is 17.6. The first-order chi connectivity index (χ1) is 12.2. The highest BCUT2D eigenvalue weighted by Gasteiger charge is 2.12. The maximum Gasteiger partial charge on any atom is 0.228 e. The number of benzene rings is 2. The van der Waals surface area contributed by atoms with E-state index >= 15 is 0 Å². The van der Waals surface area contributed by atoms with Gasteiger partial charge in [-0.25, -0.2) is 0 Å². The van der Waals surface area contributed by atoms with Gasteiger partial charge in [0.2, 0.25) is 5.91 Å². The Balaban J connectivity index is 1.78. The van der Waals surface area contributed by atoms with Crippen molar-refractivity contribution in [2.45, 2.75) is 6.42 Å². The number of hydrogen-bond acceptors (Lipinski definition) is 4. The molecule has 1 N–H and O–H groups in total. The molecule has 0 aliphatic carbocycles. The van der Waals surface area contributed by atoms with Gasteiger partial charge in [-0.2, -0.15) is 0 Å². The second-order valence-corrected chi connectivity index (χ2v) is 6.37. The van der Waals surface area contributed by atoms with Gasteiger partial charge in [0, 0.05) is 27.8 Å². The molecule has 1 amide bonds. The summed E-state index contributed by atoms with van der Waals surface area (Å²) in [6.45, 7) is 0. The van der Waals surface area contributed by atoms with E-state index in [0.29, 0.717) is 11.5 Å². The molecule has 0 saturated carbocycles. The molecule has 1 aromatic heterocycles. The monoisotopic (exact) mass is 353 g/mol. The molecule has 0 bridgehead atoms. The van der Waals surface area contributed by atoms with Crippen molar-refractivity contribution in [2.24, 2.45) is 0 Å². The first-order valence-corrected chi connectivity index (χ1v) is 8.73. The van der Waals surface area contributed by atoms with Crippen LogP contribution in [0.15, 0.2) is 60.0 Å². The van der Waals surface area contributed by atoms with Gasteiger partial charge in [-0.1, -0.05) is 30.3 Å². The van der Waals surface area contributed by atoms with Crippen LogP contribution in [0.1, 0.15) is 5.56 Å². The van der Waals surface area contributed by atoms with Gasteiger partial charge < -0.3 is 14.8 Å². The Labute approximate surface area is 151 Å². The van der Waals surface area contributed by atoms with Crippen molar-refractivity contribution in [3.05, 3.63) is 65.5 Å². The van der Waals surface area contributed by atoms with Crippen LogP contribution < -0.4 is 14.8 Å². The molecule has 0 unspecified atom stereocenters. The summed E-state index contributed by atoms with van der Waals surface area (Å²) < 4.78 is 10.6. The predicted octanol–water partition coefficient (Wildman–Crippen LogP) is 4.61. The van der Waals surface area contributed by atoms with E-state index in [1.165, 1.54) is 0 Å². The molecule has 0 spiro atoms. The Morgan fingerprint density at radius 1 is 1.04 bits per heavy atom. The Bertz CT molecular complexity index is 859. The fourth-order valence-electron chi connectivity index (χ4n) is 2.60. The largest absolute Gasteiger partial charge is 0.497 e. The topological polar surface area (TPSA) is 47.6 Å². The van der Waals surface area contributed by atoms with Gasteiger partial charge in [-0.05, 0) is 23.6 Å². The zero-order valence-corrected chi connectivity index (χ0v) is 14.9. The van der Waals surface area contributed by atoms with Crippen molar-refractivity contribution in [1.29, 1.82) is 0 Å². The van der Waals surface area contributed by atoms with E-state index in [-0.39, 0.29) is 12.3 Å². The van der Waals surface area contributed by atoms with E-state index in [9.17, 15) is 4.79 Å². The van der Waals surface area contributed by atoms with Crippen LogP contribution >= 0.6 is 11.3 Å². The smallest absolute Gasteiger partial charge is 0.228 e. The van der Waals surface area contributed by atoms with E-state index in [0.717, 1.165) is 21.7 Å². The molecule has 3 rings (SSSR count). The number of thiophene rings is 1. The van der Waals surface area contributed by atoms with Gasteiger partial charge >= 0.3 is 0 Å². The molecular formula is C20H19NO3S. The van der Waals surface area contributed by atoms with Gasteiger partial charge in [-0.3, -0.25) is 4.79 Å². The van der Waals surface area contributed by atoms with Crippen LogP contribution in [0.3, 0.4) is 0 Å². The number of methoxy groups -OCH3 is 2. The van der Waals surface area contributed by atoms with Crippen molar-refractivity contribution in [2.75, 3.05) is 19.5 Å². The lowest BCUT2D eigenvalue weighted by molar-refractivity contribution is -0.115. The molecule has 1 heterocycles. The molecule has 128 valence electrons. The molecule has 3 aromatic rings. The van der Waals surface area contributed by atoms with Crippen LogP contribution in [0, 0.1) is 0 Å². The van der Waals surface area contributed by atoms with Crippen molar-refractivity contribution >= 4 is 22.9 Å². The van der Waals surface area contributed by atoms with Crippen LogP contribution in [0.5, 0.6) is 11.5 Å². The molecule has 0 aliphatic rings. The minimum Gasteiger partial charge on any atom is -0.497 e. The molecule has 0 radical (unpaired) electrons. The van der Waals surface area contributed by atoms with E-state index < -0.39 is 0 Å². The van der Waals surface area contributed by atoms with Crippen LogP contribution in [0.25, 0.3) is 10.4 Å². The van der Waals surface area contributed by atoms with Gasteiger partial charge in [-0.15, -0.1) is 11.3 Å². The Hall–Kier alpha value is -2.79. The summed E-state index contributed by atoms with van der Waals surface area (Å²) in [5, 5.41) is 5.03. The maximum absolute atomic E-state index is 12.5. The molecule has 5 heteroatoms. The van der Waals surface area contributed by atoms with Crippen LogP contribution in [0.4, 0.5) is 5.69 Å². The summed E-state index contributed by atoms with van der Waals surface area (Å²) >= 11 is 1.65. The SMILES string of the molecule is COc1ccc(CC(=O)Nc2ccccc2-c2cccs2)c(OC)c1. The second kappa shape index (κ2) is 7.85. The highest BCUT2D eigenvalue weighted by molar-refractivity contribution is 7.13. The molecule has 25 heavy (non-hydrogen) atoms. The number of rotatable bonds is 6. The number of ether oxygens (including phenoxy) is 2. The number of anilines is 1. The third-order valence-corrected chi connectivity index (χ3v) is 4.74. The number of nitrogens with one attached hydrogen (secondary N) is 1. The van der Waals surface area contributed by atoms with Crippen LogP contribution in [-0.2, 0) is 11.2 Å². The van der Waals surface area contributed by atoms with Gasteiger partial charge in [0.05, 0.1) is 20.6 Å². The van der Waals surface area contributed by atoms with Crippen molar-refractivity contribution in [1.82, 2.24) is 0 Å². The third kappa shape index (κ3) is 4.00. The number of hydrogen-bond donors (Lipinski definition) is 1. The average molecular weight is 353 g/mol. The molecule has 0 fully saturated rings.